The van der Waals surface area contributed by atoms with Crippen LogP contribution in [0.4, 0.5) is 10.1 Å². The molecule has 27 heavy (non-hydrogen) atoms. The largest absolute Gasteiger partial charge is 0.376 e. The van der Waals surface area contributed by atoms with E-state index in [1.165, 1.54) is 41.3 Å². The van der Waals surface area contributed by atoms with E-state index in [2.05, 4.69) is 5.32 Å². The van der Waals surface area contributed by atoms with Crippen LogP contribution < -0.4 is 5.32 Å². The number of carbonyl (C=O) groups excluding carboxylic acids is 3. The van der Waals surface area contributed by atoms with Gasteiger partial charge in [0.1, 0.15) is 5.82 Å². The number of amides is 3. The molecule has 2 aliphatic heterocycles. The predicted octanol–water partition coefficient (Wildman–Crippen LogP) is 2.85. The fourth-order valence-corrected chi connectivity index (χ4v) is 3.36. The average Bonchev–Trinajstić information content (AvgIpc) is 3.25. The molecule has 0 spiro atoms. The first kappa shape index (κ1) is 17.4. The minimum atomic E-state index is -0.485. The van der Waals surface area contributed by atoms with Crippen molar-refractivity contribution in [1.82, 2.24) is 4.90 Å². The number of fused-ring (bicyclic) bond motifs is 1. The molecule has 0 radical (unpaired) electrons. The highest BCUT2D eigenvalue weighted by Gasteiger charge is 2.37. The fourth-order valence-electron chi connectivity index (χ4n) is 3.36. The van der Waals surface area contributed by atoms with E-state index in [0.717, 1.165) is 12.8 Å². The molecule has 1 unspecified atom stereocenters. The lowest BCUT2D eigenvalue weighted by atomic mass is 10.1. The van der Waals surface area contributed by atoms with Crippen LogP contribution in [0.3, 0.4) is 0 Å². The number of hydrogen-bond donors (Lipinski definition) is 1. The second-order valence-corrected chi connectivity index (χ2v) is 6.58. The van der Waals surface area contributed by atoms with Crippen molar-refractivity contribution in [3.05, 3.63) is 65.0 Å². The van der Waals surface area contributed by atoms with E-state index in [4.69, 9.17) is 4.74 Å². The standard InChI is InChI=1S/C20H17FN2O4/c21-13-3-1-4-14(10-13)22-18(24)12-6-7-16-17(9-12)20(26)23(19(16)25)11-15-5-2-8-27-15/h1,3-4,6-7,9-10,15H,2,5,8,11H2,(H,22,24). The lowest BCUT2D eigenvalue weighted by Crippen LogP contribution is -2.36. The van der Waals surface area contributed by atoms with Gasteiger partial charge in [-0.15, -0.1) is 0 Å². The van der Waals surface area contributed by atoms with Gasteiger partial charge in [-0.05, 0) is 49.2 Å². The molecule has 2 heterocycles. The van der Waals surface area contributed by atoms with E-state index >= 15 is 0 Å². The van der Waals surface area contributed by atoms with Gasteiger partial charge in [-0.2, -0.15) is 0 Å². The minimum absolute atomic E-state index is 0.136. The Hall–Kier alpha value is -3.06. The maximum absolute atomic E-state index is 13.3. The molecule has 2 aliphatic rings. The predicted molar refractivity (Wildman–Crippen MR) is 95.1 cm³/mol. The summed E-state index contributed by atoms with van der Waals surface area (Å²) in [7, 11) is 0. The van der Waals surface area contributed by atoms with Crippen molar-refractivity contribution in [2.75, 3.05) is 18.5 Å². The van der Waals surface area contributed by atoms with Crippen LogP contribution >= 0.6 is 0 Å². The van der Waals surface area contributed by atoms with E-state index in [1.54, 1.807) is 6.07 Å². The molecular formula is C20H17FN2O4. The van der Waals surface area contributed by atoms with Crippen molar-refractivity contribution in [3.63, 3.8) is 0 Å². The molecule has 0 saturated carbocycles. The quantitative estimate of drug-likeness (QED) is 0.842. The maximum atomic E-state index is 13.3. The number of imide groups is 1. The second kappa shape index (κ2) is 6.92. The number of nitrogens with zero attached hydrogens (tertiary/aromatic N) is 1. The summed E-state index contributed by atoms with van der Waals surface area (Å²) in [6.07, 6.45) is 1.59. The van der Waals surface area contributed by atoms with Crippen molar-refractivity contribution >= 4 is 23.4 Å². The zero-order valence-electron chi connectivity index (χ0n) is 14.4. The number of halogens is 1. The van der Waals surface area contributed by atoms with Crippen LogP contribution in [0, 0.1) is 5.82 Å². The highest BCUT2D eigenvalue weighted by molar-refractivity contribution is 6.22. The van der Waals surface area contributed by atoms with E-state index in [9.17, 15) is 18.8 Å². The van der Waals surface area contributed by atoms with E-state index < -0.39 is 17.6 Å². The third kappa shape index (κ3) is 3.33. The summed E-state index contributed by atoms with van der Waals surface area (Å²) in [5, 5.41) is 2.58. The summed E-state index contributed by atoms with van der Waals surface area (Å²) in [5.74, 6) is -1.75. The SMILES string of the molecule is O=C(Nc1cccc(F)c1)c1ccc2c(c1)C(=O)N(CC1CCCO1)C2=O. The fraction of sp³-hybridized carbons (Fsp3) is 0.250. The Morgan fingerprint density at radius 1 is 1.15 bits per heavy atom. The smallest absolute Gasteiger partial charge is 0.261 e. The van der Waals surface area contributed by atoms with E-state index in [-0.39, 0.29) is 35.2 Å². The van der Waals surface area contributed by atoms with Crippen molar-refractivity contribution < 1.29 is 23.5 Å². The van der Waals surface area contributed by atoms with Gasteiger partial charge in [0.2, 0.25) is 0 Å². The van der Waals surface area contributed by atoms with E-state index in [1.807, 2.05) is 0 Å². The third-order valence-corrected chi connectivity index (χ3v) is 4.73. The van der Waals surface area contributed by atoms with E-state index in [0.29, 0.717) is 12.3 Å². The van der Waals surface area contributed by atoms with Crippen molar-refractivity contribution in [1.29, 1.82) is 0 Å². The molecule has 4 rings (SSSR count). The molecule has 0 bridgehead atoms. The number of ether oxygens (including phenoxy) is 1. The van der Waals surface area contributed by atoms with Crippen molar-refractivity contribution in [2.24, 2.45) is 0 Å². The Labute approximate surface area is 154 Å². The van der Waals surface area contributed by atoms with Crippen LogP contribution in [0.25, 0.3) is 0 Å². The van der Waals surface area contributed by atoms with Gasteiger partial charge in [0, 0.05) is 17.9 Å². The van der Waals surface area contributed by atoms with Crippen LogP contribution in [0.15, 0.2) is 42.5 Å². The zero-order chi connectivity index (χ0) is 19.0. The van der Waals surface area contributed by atoms with Gasteiger partial charge in [0.15, 0.2) is 0 Å². The van der Waals surface area contributed by atoms with Crippen LogP contribution in [-0.4, -0.2) is 41.9 Å². The third-order valence-electron chi connectivity index (χ3n) is 4.73. The first-order valence-corrected chi connectivity index (χ1v) is 8.72. The van der Waals surface area contributed by atoms with Crippen molar-refractivity contribution in [3.8, 4) is 0 Å². The molecule has 0 aromatic heterocycles. The molecule has 7 heteroatoms. The molecular weight excluding hydrogens is 351 g/mol. The first-order chi connectivity index (χ1) is 13.0. The molecule has 0 aliphatic carbocycles. The molecule has 1 atom stereocenters. The number of benzene rings is 2. The monoisotopic (exact) mass is 368 g/mol. The van der Waals surface area contributed by atoms with Crippen molar-refractivity contribution in [2.45, 2.75) is 18.9 Å². The van der Waals surface area contributed by atoms with Gasteiger partial charge in [0.05, 0.1) is 23.8 Å². The summed E-state index contributed by atoms with van der Waals surface area (Å²) in [6, 6.07) is 9.88. The van der Waals surface area contributed by atoms with Gasteiger partial charge >= 0.3 is 0 Å². The molecule has 2 aromatic carbocycles. The molecule has 1 fully saturated rings. The molecule has 2 aromatic rings. The topological polar surface area (TPSA) is 75.7 Å². The second-order valence-electron chi connectivity index (χ2n) is 6.58. The number of anilines is 1. The van der Waals surface area contributed by atoms with Crippen LogP contribution in [0.1, 0.15) is 43.9 Å². The van der Waals surface area contributed by atoms with Gasteiger partial charge in [-0.1, -0.05) is 6.07 Å². The molecule has 1 N–H and O–H groups in total. The molecule has 3 amide bonds. The highest BCUT2D eigenvalue weighted by Crippen LogP contribution is 2.26. The Balaban J connectivity index is 1.54. The first-order valence-electron chi connectivity index (χ1n) is 8.72. The Morgan fingerprint density at radius 2 is 1.96 bits per heavy atom. The van der Waals surface area contributed by atoms with Gasteiger partial charge in [0.25, 0.3) is 17.7 Å². The Morgan fingerprint density at radius 3 is 2.70 bits per heavy atom. The van der Waals surface area contributed by atoms with Crippen LogP contribution in [-0.2, 0) is 4.74 Å². The number of nitrogens with one attached hydrogen (secondary N) is 1. The molecule has 138 valence electrons. The summed E-state index contributed by atoms with van der Waals surface area (Å²) in [6.45, 7) is 0.857. The molecule has 1 saturated heterocycles. The average molecular weight is 368 g/mol. The van der Waals surface area contributed by atoms with Gasteiger partial charge < -0.3 is 10.1 Å². The lowest BCUT2D eigenvalue weighted by molar-refractivity contribution is 0.0475. The Bertz CT molecular complexity index is 937. The summed E-state index contributed by atoms with van der Waals surface area (Å²) in [5.41, 5.74) is 1.01. The van der Waals surface area contributed by atoms with Crippen LogP contribution in [0.5, 0.6) is 0 Å². The highest BCUT2D eigenvalue weighted by atomic mass is 19.1. The summed E-state index contributed by atoms with van der Waals surface area (Å²) in [4.78, 5) is 38.7. The van der Waals surface area contributed by atoms with Crippen LogP contribution in [0.2, 0.25) is 0 Å². The number of rotatable bonds is 4. The lowest BCUT2D eigenvalue weighted by Gasteiger charge is -2.17. The zero-order valence-corrected chi connectivity index (χ0v) is 14.4. The molecule has 6 nitrogen and oxygen atoms in total. The maximum Gasteiger partial charge on any atom is 0.261 e. The normalized spacial score (nSPS) is 18.7. The number of carbonyl (C=O) groups is 3. The number of hydrogen-bond acceptors (Lipinski definition) is 4. The Kier molecular flexibility index (Phi) is 4.45. The minimum Gasteiger partial charge on any atom is -0.376 e. The summed E-state index contributed by atoms with van der Waals surface area (Å²) < 4.78 is 18.8. The summed E-state index contributed by atoms with van der Waals surface area (Å²) >= 11 is 0. The van der Waals surface area contributed by atoms with Gasteiger partial charge in [-0.3, -0.25) is 19.3 Å². The van der Waals surface area contributed by atoms with Gasteiger partial charge in [-0.25, -0.2) is 4.39 Å².